The third-order valence-corrected chi connectivity index (χ3v) is 5.20. The highest BCUT2D eigenvalue weighted by Gasteiger charge is 2.19. The Balaban J connectivity index is 1.71. The van der Waals surface area contributed by atoms with E-state index in [9.17, 15) is 14.7 Å². The molecule has 3 rings (SSSR count). The van der Waals surface area contributed by atoms with Crippen LogP contribution in [0.5, 0.6) is 5.75 Å². The first-order chi connectivity index (χ1) is 14.6. The molecule has 0 aliphatic rings. The molecule has 0 unspecified atom stereocenters. The summed E-state index contributed by atoms with van der Waals surface area (Å²) in [7, 11) is 0. The van der Waals surface area contributed by atoms with Gasteiger partial charge in [-0.3, -0.25) is 4.79 Å². The van der Waals surface area contributed by atoms with Crippen LogP contribution in [0.3, 0.4) is 0 Å². The SMILES string of the molecule is CCCCCCCC[C@H](Oc1ccc2c(=O)c(-c3ccccc3)coc2c1)C(=O)O. The Morgan fingerprint density at radius 1 is 1.03 bits per heavy atom. The van der Waals surface area contributed by atoms with E-state index >= 15 is 0 Å². The third-order valence-electron chi connectivity index (χ3n) is 5.20. The summed E-state index contributed by atoms with van der Waals surface area (Å²) in [6.45, 7) is 2.17. The van der Waals surface area contributed by atoms with Gasteiger partial charge in [0.1, 0.15) is 17.6 Å². The van der Waals surface area contributed by atoms with E-state index in [1.165, 1.54) is 25.5 Å². The van der Waals surface area contributed by atoms with Gasteiger partial charge >= 0.3 is 5.97 Å². The van der Waals surface area contributed by atoms with Crippen LogP contribution in [-0.4, -0.2) is 17.2 Å². The lowest BCUT2D eigenvalue weighted by Gasteiger charge is -2.15. The fraction of sp³-hybridized carbons (Fsp3) is 0.360. The minimum Gasteiger partial charge on any atom is -0.479 e. The van der Waals surface area contributed by atoms with Crippen molar-refractivity contribution in [2.75, 3.05) is 0 Å². The molecule has 5 heteroatoms. The van der Waals surface area contributed by atoms with E-state index in [4.69, 9.17) is 9.15 Å². The number of carbonyl (C=O) groups is 1. The van der Waals surface area contributed by atoms with Gasteiger partial charge in [-0.05, 0) is 30.5 Å². The number of ether oxygens (including phenoxy) is 1. The maximum absolute atomic E-state index is 12.8. The average Bonchev–Trinajstić information content (AvgIpc) is 2.76. The Morgan fingerprint density at radius 3 is 2.50 bits per heavy atom. The van der Waals surface area contributed by atoms with Crippen molar-refractivity contribution in [3.63, 3.8) is 0 Å². The smallest absolute Gasteiger partial charge is 0.344 e. The molecule has 0 fully saturated rings. The maximum Gasteiger partial charge on any atom is 0.344 e. The Bertz CT molecular complexity index is 1020. The molecule has 0 bridgehead atoms. The van der Waals surface area contributed by atoms with Crippen molar-refractivity contribution in [3.05, 3.63) is 65.0 Å². The fourth-order valence-corrected chi connectivity index (χ4v) is 3.51. The second-order valence-corrected chi connectivity index (χ2v) is 7.50. The van der Waals surface area contributed by atoms with Crippen molar-refractivity contribution in [3.8, 4) is 16.9 Å². The second kappa shape index (κ2) is 10.6. The molecule has 1 aromatic heterocycles. The predicted molar refractivity (Wildman–Crippen MR) is 118 cm³/mol. The number of hydrogen-bond acceptors (Lipinski definition) is 4. The van der Waals surface area contributed by atoms with E-state index in [0.717, 1.165) is 24.8 Å². The van der Waals surface area contributed by atoms with Crippen molar-refractivity contribution < 1.29 is 19.1 Å². The molecule has 0 saturated heterocycles. The van der Waals surface area contributed by atoms with Crippen molar-refractivity contribution >= 4 is 16.9 Å². The standard InChI is InChI=1S/C25H28O5/c1-2-3-4-5-6-10-13-22(25(27)28)30-19-14-15-20-23(16-19)29-17-21(24(20)26)18-11-8-7-9-12-18/h7-9,11-12,14-17,22H,2-6,10,13H2,1H3,(H,27,28)/t22-/m0/s1. The van der Waals surface area contributed by atoms with Crippen molar-refractivity contribution in [2.45, 2.75) is 58.0 Å². The van der Waals surface area contributed by atoms with Crippen molar-refractivity contribution in [1.82, 2.24) is 0 Å². The number of carboxylic acids is 1. The van der Waals surface area contributed by atoms with Crippen LogP contribution >= 0.6 is 0 Å². The number of rotatable bonds is 11. The summed E-state index contributed by atoms with van der Waals surface area (Å²) in [5.41, 5.74) is 1.53. The normalized spacial score (nSPS) is 12.0. The molecule has 2 aromatic carbocycles. The van der Waals surface area contributed by atoms with E-state index in [0.29, 0.717) is 28.7 Å². The molecule has 1 N–H and O–H groups in total. The van der Waals surface area contributed by atoms with Crippen LogP contribution in [0.15, 0.2) is 64.0 Å². The number of hydrogen-bond donors (Lipinski definition) is 1. The van der Waals surface area contributed by atoms with Gasteiger partial charge in [0.25, 0.3) is 0 Å². The molecule has 158 valence electrons. The quantitative estimate of drug-likeness (QED) is 0.391. The number of unbranched alkanes of at least 4 members (excludes halogenated alkanes) is 5. The molecule has 1 heterocycles. The summed E-state index contributed by atoms with van der Waals surface area (Å²) < 4.78 is 11.4. The largest absolute Gasteiger partial charge is 0.479 e. The third kappa shape index (κ3) is 5.50. The predicted octanol–water partition coefficient (Wildman–Crippen LogP) is 6.04. The minimum atomic E-state index is -0.982. The van der Waals surface area contributed by atoms with Gasteiger partial charge in [0.15, 0.2) is 11.5 Å². The number of benzene rings is 2. The van der Waals surface area contributed by atoms with Gasteiger partial charge in [0, 0.05) is 6.07 Å². The lowest BCUT2D eigenvalue weighted by Crippen LogP contribution is -2.26. The summed E-state index contributed by atoms with van der Waals surface area (Å²) in [5, 5.41) is 9.93. The molecular formula is C25H28O5. The van der Waals surface area contributed by atoms with Crippen LogP contribution in [0.2, 0.25) is 0 Å². The summed E-state index contributed by atoms with van der Waals surface area (Å²) in [5.74, 6) is -0.596. The van der Waals surface area contributed by atoms with Gasteiger partial charge in [-0.15, -0.1) is 0 Å². The van der Waals surface area contributed by atoms with Crippen LogP contribution in [0.1, 0.15) is 51.9 Å². The van der Waals surface area contributed by atoms with Crippen molar-refractivity contribution in [2.24, 2.45) is 0 Å². The fourth-order valence-electron chi connectivity index (χ4n) is 3.51. The topological polar surface area (TPSA) is 76.7 Å². The minimum absolute atomic E-state index is 0.129. The summed E-state index contributed by atoms with van der Waals surface area (Å²) in [6, 6.07) is 14.2. The lowest BCUT2D eigenvalue weighted by molar-refractivity contribution is -0.145. The Morgan fingerprint density at radius 2 is 1.77 bits per heavy atom. The van der Waals surface area contributed by atoms with E-state index < -0.39 is 12.1 Å². The zero-order valence-corrected chi connectivity index (χ0v) is 17.3. The highest BCUT2D eigenvalue weighted by atomic mass is 16.5. The van der Waals surface area contributed by atoms with Gasteiger partial charge in [0.05, 0.1) is 10.9 Å². The van der Waals surface area contributed by atoms with Gasteiger partial charge in [-0.25, -0.2) is 4.79 Å². The van der Waals surface area contributed by atoms with Crippen LogP contribution < -0.4 is 10.2 Å². The van der Waals surface area contributed by atoms with Gasteiger partial charge in [0.2, 0.25) is 0 Å². The van der Waals surface area contributed by atoms with Crippen LogP contribution in [0.4, 0.5) is 0 Å². The zero-order chi connectivity index (χ0) is 21.3. The summed E-state index contributed by atoms with van der Waals surface area (Å²) in [4.78, 5) is 24.4. The zero-order valence-electron chi connectivity index (χ0n) is 17.3. The summed E-state index contributed by atoms with van der Waals surface area (Å²) in [6.07, 6.45) is 7.49. The van der Waals surface area contributed by atoms with Gasteiger partial charge < -0.3 is 14.3 Å². The Kier molecular flexibility index (Phi) is 7.66. The Labute approximate surface area is 176 Å². The molecule has 0 aliphatic carbocycles. The summed E-state index contributed by atoms with van der Waals surface area (Å²) >= 11 is 0. The highest BCUT2D eigenvalue weighted by Crippen LogP contribution is 2.24. The van der Waals surface area contributed by atoms with Crippen LogP contribution in [0.25, 0.3) is 22.1 Å². The molecule has 0 spiro atoms. The molecule has 3 aromatic rings. The molecule has 0 saturated carbocycles. The number of carboxylic acid groups (broad SMARTS) is 1. The highest BCUT2D eigenvalue weighted by molar-refractivity contribution is 5.82. The average molecular weight is 408 g/mol. The molecular weight excluding hydrogens is 380 g/mol. The monoisotopic (exact) mass is 408 g/mol. The second-order valence-electron chi connectivity index (χ2n) is 7.50. The first kappa shape index (κ1) is 21.6. The first-order valence-electron chi connectivity index (χ1n) is 10.6. The number of fused-ring (bicyclic) bond motifs is 1. The lowest BCUT2D eigenvalue weighted by atomic mass is 10.1. The van der Waals surface area contributed by atoms with Crippen LogP contribution in [0, 0.1) is 0 Å². The molecule has 0 amide bonds. The van der Waals surface area contributed by atoms with Gasteiger partial charge in [-0.2, -0.15) is 0 Å². The molecule has 0 radical (unpaired) electrons. The molecule has 30 heavy (non-hydrogen) atoms. The van der Waals surface area contributed by atoms with E-state index in [2.05, 4.69) is 6.92 Å². The van der Waals surface area contributed by atoms with Gasteiger partial charge in [-0.1, -0.05) is 69.4 Å². The van der Waals surface area contributed by atoms with Crippen molar-refractivity contribution in [1.29, 1.82) is 0 Å². The molecule has 5 nitrogen and oxygen atoms in total. The van der Waals surface area contributed by atoms with E-state index in [1.54, 1.807) is 18.2 Å². The first-order valence-corrected chi connectivity index (χ1v) is 10.6. The van der Waals surface area contributed by atoms with E-state index in [-0.39, 0.29) is 5.43 Å². The van der Waals surface area contributed by atoms with Crippen LogP contribution in [-0.2, 0) is 4.79 Å². The Hall–Kier alpha value is -3.08. The molecule has 0 aliphatic heterocycles. The maximum atomic E-state index is 12.8. The molecule has 1 atom stereocenters. The van der Waals surface area contributed by atoms with E-state index in [1.807, 2.05) is 30.3 Å². The number of aliphatic carboxylic acids is 1.